The van der Waals surface area contributed by atoms with E-state index >= 15 is 0 Å². The number of unbranched alkanes of at least 4 members (excludes halogenated alkanes) is 1. The molecule has 0 N–H and O–H groups in total. The second-order valence-corrected chi connectivity index (χ2v) is 3.90. The summed E-state index contributed by atoms with van der Waals surface area (Å²) in [4.78, 5) is 13.0. The molecule has 0 aliphatic heterocycles. The zero-order valence-electron chi connectivity index (χ0n) is 8.14. The number of nitrogens with zero attached hydrogens (tertiary/aromatic N) is 1. The van der Waals surface area contributed by atoms with E-state index in [0.29, 0.717) is 13.0 Å². The summed E-state index contributed by atoms with van der Waals surface area (Å²) in [6.45, 7) is 4.62. The molecule has 0 bridgehead atoms. The lowest BCUT2D eigenvalue weighted by atomic mass is 10.2. The first kappa shape index (κ1) is 11.8. The Kier molecular flexibility index (Phi) is 6.17. The number of hydrogen-bond donors (Lipinski definition) is 0. The lowest BCUT2D eigenvalue weighted by Crippen LogP contribution is -2.31. The van der Waals surface area contributed by atoms with Crippen molar-refractivity contribution in [3.8, 4) is 0 Å². The summed E-state index contributed by atoms with van der Waals surface area (Å²) >= 11 is 5.76. The molecule has 0 aromatic carbocycles. The number of hydrogen-bond acceptors (Lipinski definition) is 1. The monoisotopic (exact) mass is 191 g/mol. The minimum absolute atomic E-state index is 0.0422. The zero-order chi connectivity index (χ0) is 9.56. The van der Waals surface area contributed by atoms with E-state index in [0.717, 1.165) is 12.8 Å². The van der Waals surface area contributed by atoms with Crippen molar-refractivity contribution in [2.45, 2.75) is 38.5 Å². The van der Waals surface area contributed by atoms with Gasteiger partial charge in [-0.3, -0.25) is 4.79 Å². The molecular formula is C9H18ClNO. The summed E-state index contributed by atoms with van der Waals surface area (Å²) in [5.41, 5.74) is 0. The molecule has 0 aliphatic rings. The normalized spacial score (nSPS) is 12.7. The zero-order valence-corrected chi connectivity index (χ0v) is 8.90. The van der Waals surface area contributed by atoms with E-state index in [1.165, 1.54) is 0 Å². The lowest BCUT2D eigenvalue weighted by molar-refractivity contribution is -0.130. The van der Waals surface area contributed by atoms with Crippen molar-refractivity contribution >= 4 is 17.5 Å². The van der Waals surface area contributed by atoms with E-state index in [1.807, 2.05) is 6.92 Å². The molecule has 0 aromatic rings. The Balaban J connectivity index is 3.61. The average Bonchev–Trinajstić information content (AvgIpc) is 1.98. The predicted molar refractivity (Wildman–Crippen MR) is 52.5 cm³/mol. The molecular weight excluding hydrogens is 174 g/mol. The Bertz CT molecular complexity index is 136. The van der Waals surface area contributed by atoms with Crippen LogP contribution >= 0.6 is 11.6 Å². The van der Waals surface area contributed by atoms with Gasteiger partial charge >= 0.3 is 0 Å². The maximum absolute atomic E-state index is 11.3. The second-order valence-electron chi connectivity index (χ2n) is 3.16. The highest BCUT2D eigenvalue weighted by atomic mass is 35.5. The molecule has 0 aromatic heterocycles. The molecule has 1 atom stereocenters. The molecule has 3 heteroatoms. The largest absolute Gasteiger partial charge is 0.344 e. The average molecular weight is 192 g/mol. The number of rotatable bonds is 5. The van der Waals surface area contributed by atoms with Gasteiger partial charge in [-0.25, -0.2) is 0 Å². The van der Waals surface area contributed by atoms with Crippen molar-refractivity contribution in [1.82, 2.24) is 4.90 Å². The maximum Gasteiger partial charge on any atom is 0.222 e. The van der Waals surface area contributed by atoms with Crippen LogP contribution in [0.3, 0.4) is 0 Å². The molecule has 0 radical (unpaired) electrons. The topological polar surface area (TPSA) is 20.3 Å². The number of carbonyl (C=O) groups excluding carboxylic acids is 1. The van der Waals surface area contributed by atoms with E-state index in [9.17, 15) is 4.79 Å². The smallest absolute Gasteiger partial charge is 0.222 e. The highest BCUT2D eigenvalue weighted by Gasteiger charge is 2.09. The van der Waals surface area contributed by atoms with Crippen LogP contribution in [-0.2, 0) is 4.79 Å². The van der Waals surface area contributed by atoms with Crippen molar-refractivity contribution < 1.29 is 4.79 Å². The number of halogens is 1. The fraction of sp³-hybridized carbons (Fsp3) is 0.889. The predicted octanol–water partition coefficient (Wildman–Crippen LogP) is 2.26. The van der Waals surface area contributed by atoms with Gasteiger partial charge in [-0.05, 0) is 13.3 Å². The van der Waals surface area contributed by atoms with Gasteiger partial charge in [-0.15, -0.1) is 11.6 Å². The second kappa shape index (κ2) is 6.30. The van der Waals surface area contributed by atoms with Crippen LogP contribution in [0.2, 0.25) is 0 Å². The first-order valence-corrected chi connectivity index (χ1v) is 4.89. The maximum atomic E-state index is 11.3. The van der Waals surface area contributed by atoms with Crippen molar-refractivity contribution in [1.29, 1.82) is 0 Å². The number of amides is 1. The minimum Gasteiger partial charge on any atom is -0.344 e. The minimum atomic E-state index is 0.0422. The van der Waals surface area contributed by atoms with Gasteiger partial charge in [-0.1, -0.05) is 13.3 Å². The van der Waals surface area contributed by atoms with Gasteiger partial charge in [0.1, 0.15) is 0 Å². The fourth-order valence-electron chi connectivity index (χ4n) is 0.998. The van der Waals surface area contributed by atoms with Crippen LogP contribution < -0.4 is 0 Å². The molecule has 0 saturated carbocycles. The highest BCUT2D eigenvalue weighted by Crippen LogP contribution is 2.02. The molecule has 1 amide bonds. The van der Waals surface area contributed by atoms with Gasteiger partial charge in [0, 0.05) is 25.4 Å². The van der Waals surface area contributed by atoms with Crippen LogP contribution in [0.25, 0.3) is 0 Å². The van der Waals surface area contributed by atoms with Crippen LogP contribution in [0.1, 0.15) is 33.1 Å². The molecule has 0 heterocycles. The van der Waals surface area contributed by atoms with E-state index in [1.54, 1.807) is 11.9 Å². The quantitative estimate of drug-likeness (QED) is 0.611. The molecule has 1 unspecified atom stereocenters. The van der Waals surface area contributed by atoms with Crippen molar-refractivity contribution in [3.05, 3.63) is 0 Å². The molecule has 0 rings (SSSR count). The molecule has 72 valence electrons. The summed E-state index contributed by atoms with van der Waals surface area (Å²) < 4.78 is 0. The molecule has 0 saturated heterocycles. The first-order chi connectivity index (χ1) is 5.57. The van der Waals surface area contributed by atoms with E-state index in [4.69, 9.17) is 11.6 Å². The SMILES string of the molecule is CCCCC(=O)N(C)CC(C)Cl. The van der Waals surface area contributed by atoms with E-state index in [-0.39, 0.29) is 11.3 Å². The van der Waals surface area contributed by atoms with Crippen molar-refractivity contribution in [2.24, 2.45) is 0 Å². The summed E-state index contributed by atoms with van der Waals surface area (Å²) in [5, 5.41) is 0.0422. The summed E-state index contributed by atoms with van der Waals surface area (Å²) in [5.74, 6) is 0.198. The Hall–Kier alpha value is -0.240. The Morgan fingerprint density at radius 3 is 2.58 bits per heavy atom. The van der Waals surface area contributed by atoms with Gasteiger partial charge in [0.15, 0.2) is 0 Å². The van der Waals surface area contributed by atoms with Gasteiger partial charge in [0.25, 0.3) is 0 Å². The fourth-order valence-corrected chi connectivity index (χ4v) is 1.21. The Morgan fingerprint density at radius 1 is 1.58 bits per heavy atom. The van der Waals surface area contributed by atoms with Crippen LogP contribution in [0.4, 0.5) is 0 Å². The van der Waals surface area contributed by atoms with E-state index in [2.05, 4.69) is 6.92 Å². The Labute approximate surface area is 79.9 Å². The molecule has 0 aliphatic carbocycles. The number of alkyl halides is 1. The molecule has 2 nitrogen and oxygen atoms in total. The number of carbonyl (C=O) groups is 1. The summed E-state index contributed by atoms with van der Waals surface area (Å²) in [6, 6.07) is 0. The van der Waals surface area contributed by atoms with Crippen LogP contribution in [0.5, 0.6) is 0 Å². The molecule has 12 heavy (non-hydrogen) atoms. The standard InChI is InChI=1S/C9H18ClNO/c1-4-5-6-9(12)11(3)7-8(2)10/h8H,4-7H2,1-3H3. The lowest BCUT2D eigenvalue weighted by Gasteiger charge is -2.17. The highest BCUT2D eigenvalue weighted by molar-refractivity contribution is 6.20. The summed E-state index contributed by atoms with van der Waals surface area (Å²) in [6.07, 6.45) is 2.69. The third kappa shape index (κ3) is 5.42. The third-order valence-corrected chi connectivity index (χ3v) is 1.83. The first-order valence-electron chi connectivity index (χ1n) is 4.46. The molecule has 0 fully saturated rings. The van der Waals surface area contributed by atoms with Gasteiger partial charge < -0.3 is 4.90 Å². The van der Waals surface area contributed by atoms with Crippen molar-refractivity contribution in [2.75, 3.05) is 13.6 Å². The Morgan fingerprint density at radius 2 is 2.17 bits per heavy atom. The van der Waals surface area contributed by atoms with Crippen LogP contribution in [0.15, 0.2) is 0 Å². The van der Waals surface area contributed by atoms with Gasteiger partial charge in [0.05, 0.1) is 0 Å². The third-order valence-electron chi connectivity index (χ3n) is 1.70. The summed E-state index contributed by atoms with van der Waals surface area (Å²) in [7, 11) is 1.80. The van der Waals surface area contributed by atoms with E-state index < -0.39 is 0 Å². The van der Waals surface area contributed by atoms with Crippen LogP contribution in [0, 0.1) is 0 Å². The molecule has 0 spiro atoms. The van der Waals surface area contributed by atoms with Gasteiger partial charge in [0.2, 0.25) is 5.91 Å². The van der Waals surface area contributed by atoms with Crippen LogP contribution in [-0.4, -0.2) is 29.8 Å². The van der Waals surface area contributed by atoms with Gasteiger partial charge in [-0.2, -0.15) is 0 Å². The van der Waals surface area contributed by atoms with Crippen molar-refractivity contribution in [3.63, 3.8) is 0 Å².